The molecule has 0 amide bonds. The summed E-state index contributed by atoms with van der Waals surface area (Å²) in [5, 5.41) is 4.19. The standard InChI is InChI=1S/C13H18ClN3OS/c14-12-9-16-13(17-3-5-19(18)6-4-17)7-10(12)8-15-11-1-2-11/h7,9,11,15H,1-6,8H2. The fraction of sp³-hybridized carbons (Fsp3) is 0.615. The van der Waals surface area contributed by atoms with Crippen LogP contribution in [-0.2, 0) is 17.3 Å². The number of nitrogens with zero attached hydrogens (tertiary/aromatic N) is 2. The lowest BCUT2D eigenvalue weighted by Gasteiger charge is -2.27. The molecule has 2 heterocycles. The lowest BCUT2D eigenvalue weighted by molar-refractivity contribution is 0.671. The van der Waals surface area contributed by atoms with Crippen molar-refractivity contribution in [2.45, 2.75) is 25.4 Å². The first-order valence-corrected chi connectivity index (χ1v) is 8.57. The molecule has 3 rings (SSSR count). The molecule has 6 heteroatoms. The van der Waals surface area contributed by atoms with Gasteiger partial charge in [-0.15, -0.1) is 0 Å². The van der Waals surface area contributed by atoms with Crippen molar-refractivity contribution >= 4 is 28.2 Å². The van der Waals surface area contributed by atoms with Gasteiger partial charge in [-0.2, -0.15) is 0 Å². The number of nitrogens with one attached hydrogen (secondary N) is 1. The SMILES string of the molecule is O=S1CCN(c2cc(CNC3CC3)c(Cl)cn2)CC1. The maximum Gasteiger partial charge on any atom is 0.128 e. The van der Waals surface area contributed by atoms with Crippen LogP contribution in [0.2, 0.25) is 5.02 Å². The van der Waals surface area contributed by atoms with Crippen molar-refractivity contribution in [3.05, 3.63) is 22.8 Å². The molecular formula is C13H18ClN3OS. The van der Waals surface area contributed by atoms with Crippen molar-refractivity contribution in [3.8, 4) is 0 Å². The fourth-order valence-corrected chi connectivity index (χ4v) is 3.41. The highest BCUT2D eigenvalue weighted by molar-refractivity contribution is 7.85. The second-order valence-electron chi connectivity index (χ2n) is 5.12. The van der Waals surface area contributed by atoms with Gasteiger partial charge in [0.15, 0.2) is 0 Å². The summed E-state index contributed by atoms with van der Waals surface area (Å²) < 4.78 is 11.4. The first-order chi connectivity index (χ1) is 9.22. The fourth-order valence-electron chi connectivity index (χ4n) is 2.18. The number of halogens is 1. The van der Waals surface area contributed by atoms with Gasteiger partial charge in [-0.1, -0.05) is 11.6 Å². The summed E-state index contributed by atoms with van der Waals surface area (Å²) in [5.41, 5.74) is 1.10. The number of hydrogen-bond acceptors (Lipinski definition) is 4. The zero-order valence-electron chi connectivity index (χ0n) is 10.8. The van der Waals surface area contributed by atoms with E-state index in [1.54, 1.807) is 6.20 Å². The van der Waals surface area contributed by atoms with E-state index in [0.717, 1.165) is 47.5 Å². The summed E-state index contributed by atoms with van der Waals surface area (Å²) >= 11 is 6.19. The Morgan fingerprint density at radius 3 is 2.84 bits per heavy atom. The Hall–Kier alpha value is -0.650. The Morgan fingerprint density at radius 1 is 1.42 bits per heavy atom. The van der Waals surface area contributed by atoms with Crippen molar-refractivity contribution in [1.29, 1.82) is 0 Å². The summed E-state index contributed by atoms with van der Waals surface area (Å²) in [6.45, 7) is 2.44. The van der Waals surface area contributed by atoms with Crippen molar-refractivity contribution in [3.63, 3.8) is 0 Å². The van der Waals surface area contributed by atoms with Crippen molar-refractivity contribution in [2.24, 2.45) is 0 Å². The second-order valence-corrected chi connectivity index (χ2v) is 7.23. The first kappa shape index (κ1) is 13.3. The van der Waals surface area contributed by atoms with Gasteiger partial charge in [-0.3, -0.25) is 4.21 Å². The van der Waals surface area contributed by atoms with Crippen LogP contribution in [-0.4, -0.2) is 39.8 Å². The van der Waals surface area contributed by atoms with Crippen molar-refractivity contribution < 1.29 is 4.21 Å². The molecule has 1 aromatic heterocycles. The number of hydrogen-bond donors (Lipinski definition) is 1. The van der Waals surface area contributed by atoms with E-state index in [0.29, 0.717) is 6.04 Å². The minimum atomic E-state index is -0.654. The van der Waals surface area contributed by atoms with E-state index < -0.39 is 10.8 Å². The van der Waals surface area contributed by atoms with Gasteiger partial charge >= 0.3 is 0 Å². The molecular weight excluding hydrogens is 282 g/mol. The third-order valence-electron chi connectivity index (χ3n) is 3.58. The molecule has 1 aromatic rings. The molecule has 0 unspecified atom stereocenters. The van der Waals surface area contributed by atoms with Crippen LogP contribution in [0.15, 0.2) is 12.3 Å². The minimum absolute atomic E-state index is 0.654. The van der Waals surface area contributed by atoms with Crippen LogP contribution >= 0.6 is 11.6 Å². The Bertz CT molecular complexity index is 483. The lowest BCUT2D eigenvalue weighted by atomic mass is 10.2. The predicted molar refractivity (Wildman–Crippen MR) is 79.2 cm³/mol. The average Bonchev–Trinajstić information content (AvgIpc) is 3.23. The van der Waals surface area contributed by atoms with E-state index in [1.807, 2.05) is 0 Å². The largest absolute Gasteiger partial charge is 0.355 e. The van der Waals surface area contributed by atoms with E-state index >= 15 is 0 Å². The van der Waals surface area contributed by atoms with Crippen LogP contribution in [0.4, 0.5) is 5.82 Å². The zero-order valence-corrected chi connectivity index (χ0v) is 12.3. The van der Waals surface area contributed by atoms with Gasteiger partial charge in [-0.05, 0) is 24.5 Å². The quantitative estimate of drug-likeness (QED) is 0.916. The smallest absolute Gasteiger partial charge is 0.128 e. The predicted octanol–water partition coefficient (Wildman–Crippen LogP) is 1.56. The molecule has 0 aromatic carbocycles. The van der Waals surface area contributed by atoms with Gasteiger partial charge in [-0.25, -0.2) is 4.98 Å². The molecule has 19 heavy (non-hydrogen) atoms. The summed E-state index contributed by atoms with van der Waals surface area (Å²) in [5.74, 6) is 2.42. The molecule has 0 atom stereocenters. The molecule has 0 bridgehead atoms. The van der Waals surface area contributed by atoms with E-state index in [9.17, 15) is 4.21 Å². The van der Waals surface area contributed by atoms with E-state index in [2.05, 4.69) is 21.3 Å². The number of aromatic nitrogens is 1. The van der Waals surface area contributed by atoms with E-state index in [1.165, 1.54) is 12.8 Å². The van der Waals surface area contributed by atoms with Gasteiger partial charge in [0.05, 0.1) is 5.02 Å². The van der Waals surface area contributed by atoms with Crippen molar-refractivity contribution in [1.82, 2.24) is 10.3 Å². The zero-order chi connectivity index (χ0) is 13.2. The first-order valence-electron chi connectivity index (χ1n) is 6.70. The highest BCUT2D eigenvalue weighted by atomic mass is 35.5. The van der Waals surface area contributed by atoms with Gasteiger partial charge in [0.1, 0.15) is 5.82 Å². The number of pyridine rings is 1. The Kier molecular flexibility index (Phi) is 4.05. The lowest BCUT2D eigenvalue weighted by Crippen LogP contribution is -2.38. The topological polar surface area (TPSA) is 45.2 Å². The van der Waals surface area contributed by atoms with Crippen LogP contribution in [0.3, 0.4) is 0 Å². The molecule has 1 saturated heterocycles. The van der Waals surface area contributed by atoms with E-state index in [4.69, 9.17) is 11.6 Å². The molecule has 0 spiro atoms. The second kappa shape index (κ2) is 5.77. The highest BCUT2D eigenvalue weighted by Gasteiger charge is 2.21. The average molecular weight is 300 g/mol. The normalized spacial score (nSPS) is 20.8. The molecule has 1 N–H and O–H groups in total. The van der Waals surface area contributed by atoms with Crippen LogP contribution in [0.1, 0.15) is 18.4 Å². The van der Waals surface area contributed by atoms with Crippen LogP contribution in [0, 0.1) is 0 Å². The Labute approximate surface area is 121 Å². The van der Waals surface area contributed by atoms with E-state index in [-0.39, 0.29) is 0 Å². The van der Waals surface area contributed by atoms with Crippen LogP contribution < -0.4 is 10.2 Å². The van der Waals surface area contributed by atoms with Gasteiger partial charge in [0.25, 0.3) is 0 Å². The Balaban J connectivity index is 1.70. The summed E-state index contributed by atoms with van der Waals surface area (Å²) in [6.07, 6.45) is 4.27. The third kappa shape index (κ3) is 3.46. The number of rotatable bonds is 4. The molecule has 4 nitrogen and oxygen atoms in total. The number of anilines is 1. The van der Waals surface area contributed by atoms with Gasteiger partial charge in [0, 0.05) is 54.2 Å². The minimum Gasteiger partial charge on any atom is -0.355 e. The van der Waals surface area contributed by atoms with Crippen molar-refractivity contribution in [2.75, 3.05) is 29.5 Å². The van der Waals surface area contributed by atoms with Gasteiger partial charge < -0.3 is 10.2 Å². The molecule has 0 radical (unpaired) electrons. The summed E-state index contributed by atoms with van der Waals surface area (Å²) in [6, 6.07) is 2.73. The summed E-state index contributed by atoms with van der Waals surface area (Å²) in [4.78, 5) is 6.59. The molecule has 1 aliphatic heterocycles. The maximum absolute atomic E-state index is 11.4. The Morgan fingerprint density at radius 2 is 2.16 bits per heavy atom. The molecule has 1 aliphatic carbocycles. The summed E-state index contributed by atoms with van der Waals surface area (Å²) in [7, 11) is -0.654. The molecule has 2 aliphatic rings. The van der Waals surface area contributed by atoms with Crippen LogP contribution in [0.25, 0.3) is 0 Å². The van der Waals surface area contributed by atoms with Gasteiger partial charge in [0.2, 0.25) is 0 Å². The van der Waals surface area contributed by atoms with Crippen LogP contribution in [0.5, 0.6) is 0 Å². The molecule has 2 fully saturated rings. The third-order valence-corrected chi connectivity index (χ3v) is 5.20. The highest BCUT2D eigenvalue weighted by Crippen LogP contribution is 2.24. The maximum atomic E-state index is 11.4. The monoisotopic (exact) mass is 299 g/mol. The molecule has 1 saturated carbocycles. The molecule has 104 valence electrons.